The van der Waals surface area contributed by atoms with E-state index in [-0.39, 0.29) is 17.1 Å². The molecule has 0 aliphatic heterocycles. The zero-order chi connectivity index (χ0) is 13.3. The molecular formula is C12H8F2N2O2. The fourth-order valence-electron chi connectivity index (χ4n) is 1.48. The van der Waals surface area contributed by atoms with Crippen molar-refractivity contribution in [3.63, 3.8) is 0 Å². The van der Waals surface area contributed by atoms with Crippen molar-refractivity contribution in [3.05, 3.63) is 47.3 Å². The predicted octanol–water partition coefficient (Wildman–Crippen LogP) is 2.43. The average molecular weight is 250 g/mol. The lowest BCUT2D eigenvalue weighted by Crippen LogP contribution is -2.05. The van der Waals surface area contributed by atoms with E-state index in [4.69, 9.17) is 5.11 Å². The van der Waals surface area contributed by atoms with Crippen molar-refractivity contribution >= 4 is 5.97 Å². The Balaban J connectivity index is 2.64. The first-order chi connectivity index (χ1) is 8.49. The van der Waals surface area contributed by atoms with Gasteiger partial charge in [0.25, 0.3) is 0 Å². The van der Waals surface area contributed by atoms with Crippen molar-refractivity contribution in [1.29, 1.82) is 0 Å². The summed E-state index contributed by atoms with van der Waals surface area (Å²) in [5.41, 5.74) is -0.0663. The molecule has 0 atom stereocenters. The van der Waals surface area contributed by atoms with Crippen LogP contribution in [0.4, 0.5) is 8.78 Å². The summed E-state index contributed by atoms with van der Waals surface area (Å²) < 4.78 is 26.6. The van der Waals surface area contributed by atoms with Crippen molar-refractivity contribution in [1.82, 2.24) is 9.97 Å². The number of aryl methyl sites for hydroxylation is 1. The van der Waals surface area contributed by atoms with E-state index < -0.39 is 17.6 Å². The van der Waals surface area contributed by atoms with E-state index in [1.165, 1.54) is 18.2 Å². The van der Waals surface area contributed by atoms with Crippen LogP contribution in [0.2, 0.25) is 0 Å². The van der Waals surface area contributed by atoms with Crippen LogP contribution >= 0.6 is 0 Å². The molecule has 1 heterocycles. The van der Waals surface area contributed by atoms with Crippen LogP contribution in [0.5, 0.6) is 0 Å². The quantitative estimate of drug-likeness (QED) is 0.889. The minimum absolute atomic E-state index is 0.149. The van der Waals surface area contributed by atoms with Gasteiger partial charge in [0.2, 0.25) is 0 Å². The predicted molar refractivity (Wildman–Crippen MR) is 59.1 cm³/mol. The Kier molecular flexibility index (Phi) is 3.01. The number of hydrogen-bond acceptors (Lipinski definition) is 3. The SMILES string of the molecule is Cc1cc(C(=O)O)nc(-c2cccc(F)c2F)n1. The van der Waals surface area contributed by atoms with E-state index in [2.05, 4.69) is 9.97 Å². The van der Waals surface area contributed by atoms with Gasteiger partial charge in [0.05, 0.1) is 5.56 Å². The van der Waals surface area contributed by atoms with Gasteiger partial charge in [-0.1, -0.05) is 6.07 Å². The molecule has 1 N–H and O–H groups in total. The number of aromatic carboxylic acids is 1. The first-order valence-corrected chi connectivity index (χ1v) is 5.02. The maximum Gasteiger partial charge on any atom is 0.354 e. The molecule has 2 aromatic rings. The lowest BCUT2D eigenvalue weighted by atomic mass is 10.2. The first kappa shape index (κ1) is 12.1. The number of carboxylic acid groups (broad SMARTS) is 1. The number of aromatic nitrogens is 2. The third kappa shape index (κ3) is 2.17. The van der Waals surface area contributed by atoms with Gasteiger partial charge in [-0.15, -0.1) is 0 Å². The van der Waals surface area contributed by atoms with Gasteiger partial charge in [-0.2, -0.15) is 0 Å². The summed E-state index contributed by atoms with van der Waals surface area (Å²) in [6, 6.07) is 4.81. The monoisotopic (exact) mass is 250 g/mol. The Morgan fingerprint density at radius 3 is 2.67 bits per heavy atom. The number of rotatable bonds is 2. The van der Waals surface area contributed by atoms with E-state index in [0.29, 0.717) is 5.69 Å². The van der Waals surface area contributed by atoms with Crippen LogP contribution in [-0.2, 0) is 0 Å². The van der Waals surface area contributed by atoms with Crippen LogP contribution in [0.1, 0.15) is 16.2 Å². The number of halogens is 2. The molecular weight excluding hydrogens is 242 g/mol. The van der Waals surface area contributed by atoms with Gasteiger partial charge in [0.15, 0.2) is 23.2 Å². The first-order valence-electron chi connectivity index (χ1n) is 5.02. The maximum absolute atomic E-state index is 13.5. The van der Waals surface area contributed by atoms with E-state index in [1.807, 2.05) is 0 Å². The van der Waals surface area contributed by atoms with Gasteiger partial charge >= 0.3 is 5.97 Å². The summed E-state index contributed by atoms with van der Waals surface area (Å²) in [5, 5.41) is 8.85. The summed E-state index contributed by atoms with van der Waals surface area (Å²) in [7, 11) is 0. The van der Waals surface area contributed by atoms with Crippen LogP contribution in [0.3, 0.4) is 0 Å². The molecule has 2 rings (SSSR count). The minimum Gasteiger partial charge on any atom is -0.477 e. The largest absolute Gasteiger partial charge is 0.477 e. The highest BCUT2D eigenvalue weighted by atomic mass is 19.2. The molecule has 0 bridgehead atoms. The van der Waals surface area contributed by atoms with E-state index in [0.717, 1.165) is 6.07 Å². The van der Waals surface area contributed by atoms with E-state index >= 15 is 0 Å². The number of carboxylic acids is 1. The van der Waals surface area contributed by atoms with Crippen molar-refractivity contribution in [2.45, 2.75) is 6.92 Å². The molecule has 4 nitrogen and oxygen atoms in total. The Morgan fingerprint density at radius 2 is 2.00 bits per heavy atom. The fourth-order valence-corrected chi connectivity index (χ4v) is 1.48. The molecule has 6 heteroatoms. The smallest absolute Gasteiger partial charge is 0.354 e. The number of nitrogens with zero attached hydrogens (tertiary/aromatic N) is 2. The van der Waals surface area contributed by atoms with Crippen molar-refractivity contribution in [2.75, 3.05) is 0 Å². The summed E-state index contributed by atoms with van der Waals surface area (Å²) >= 11 is 0. The normalized spacial score (nSPS) is 10.4. The lowest BCUT2D eigenvalue weighted by Gasteiger charge is -2.05. The van der Waals surface area contributed by atoms with Crippen molar-refractivity contribution in [3.8, 4) is 11.4 Å². The standard InChI is InChI=1S/C12H8F2N2O2/c1-6-5-9(12(17)18)16-11(15-6)7-3-2-4-8(13)10(7)14/h2-5H,1H3,(H,17,18). The molecule has 1 aromatic carbocycles. The van der Waals surface area contributed by atoms with Gasteiger partial charge < -0.3 is 5.11 Å². The second kappa shape index (κ2) is 4.48. The molecule has 0 aliphatic carbocycles. The average Bonchev–Trinajstić information content (AvgIpc) is 2.31. The Morgan fingerprint density at radius 1 is 1.28 bits per heavy atom. The topological polar surface area (TPSA) is 63.1 Å². The van der Waals surface area contributed by atoms with Crippen LogP contribution in [-0.4, -0.2) is 21.0 Å². The minimum atomic E-state index is -1.25. The summed E-state index contributed by atoms with van der Waals surface area (Å²) in [6.07, 6.45) is 0. The lowest BCUT2D eigenvalue weighted by molar-refractivity contribution is 0.0690. The molecule has 0 unspecified atom stereocenters. The Hall–Kier alpha value is -2.37. The van der Waals surface area contributed by atoms with Crippen molar-refractivity contribution in [2.24, 2.45) is 0 Å². The zero-order valence-corrected chi connectivity index (χ0v) is 9.32. The summed E-state index contributed by atoms with van der Waals surface area (Å²) in [4.78, 5) is 18.4. The van der Waals surface area contributed by atoms with Gasteiger partial charge in [-0.05, 0) is 25.1 Å². The highest BCUT2D eigenvalue weighted by molar-refractivity contribution is 5.86. The molecule has 0 aliphatic rings. The number of benzene rings is 1. The van der Waals surface area contributed by atoms with Crippen LogP contribution in [0.15, 0.2) is 24.3 Å². The molecule has 0 saturated carbocycles. The highest BCUT2D eigenvalue weighted by Crippen LogP contribution is 2.21. The number of hydrogen-bond donors (Lipinski definition) is 1. The molecule has 0 radical (unpaired) electrons. The molecule has 18 heavy (non-hydrogen) atoms. The highest BCUT2D eigenvalue weighted by Gasteiger charge is 2.15. The molecule has 0 saturated heterocycles. The molecule has 0 spiro atoms. The van der Waals surface area contributed by atoms with Crippen molar-refractivity contribution < 1.29 is 18.7 Å². The van der Waals surface area contributed by atoms with Gasteiger partial charge in [-0.3, -0.25) is 0 Å². The third-order valence-electron chi connectivity index (χ3n) is 2.27. The van der Waals surface area contributed by atoms with Gasteiger partial charge in [-0.25, -0.2) is 23.5 Å². The van der Waals surface area contributed by atoms with Gasteiger partial charge in [0.1, 0.15) is 0 Å². The third-order valence-corrected chi connectivity index (χ3v) is 2.27. The summed E-state index contributed by atoms with van der Waals surface area (Å²) in [6.45, 7) is 1.55. The van der Waals surface area contributed by atoms with Crippen LogP contribution < -0.4 is 0 Å². The Labute approximate surface area is 101 Å². The molecule has 0 amide bonds. The molecule has 1 aromatic heterocycles. The maximum atomic E-state index is 13.5. The van der Waals surface area contributed by atoms with E-state index in [1.54, 1.807) is 6.92 Å². The second-order valence-electron chi connectivity index (χ2n) is 3.62. The molecule has 92 valence electrons. The molecule has 0 fully saturated rings. The zero-order valence-electron chi connectivity index (χ0n) is 9.32. The van der Waals surface area contributed by atoms with E-state index in [9.17, 15) is 13.6 Å². The van der Waals surface area contributed by atoms with Crippen LogP contribution in [0.25, 0.3) is 11.4 Å². The van der Waals surface area contributed by atoms with Crippen LogP contribution in [0, 0.1) is 18.6 Å². The number of carbonyl (C=O) groups is 1. The Bertz CT molecular complexity index is 629. The fraction of sp³-hybridized carbons (Fsp3) is 0.0833. The van der Waals surface area contributed by atoms with Gasteiger partial charge in [0, 0.05) is 5.69 Å². The second-order valence-corrected chi connectivity index (χ2v) is 3.62. The summed E-state index contributed by atoms with van der Waals surface area (Å²) in [5.74, 6) is -3.53.